The molecule has 37 heavy (non-hydrogen) atoms. The highest BCUT2D eigenvalue weighted by atomic mass is 35.5. The average molecular weight is 582 g/mol. The van der Waals surface area contributed by atoms with Crippen molar-refractivity contribution in [1.29, 1.82) is 0 Å². The second kappa shape index (κ2) is 12.2. The van der Waals surface area contributed by atoms with Crippen LogP contribution in [0.5, 0.6) is 0 Å². The van der Waals surface area contributed by atoms with Crippen molar-refractivity contribution in [3.8, 4) is 5.69 Å². The first-order valence-electron chi connectivity index (χ1n) is 11.6. The van der Waals surface area contributed by atoms with Crippen LogP contribution in [0, 0.1) is 11.6 Å². The molecule has 0 spiro atoms. The largest absolute Gasteiger partial charge is 0.377 e. The van der Waals surface area contributed by atoms with Crippen LogP contribution in [-0.2, 0) is 16.8 Å². The van der Waals surface area contributed by atoms with Gasteiger partial charge >= 0.3 is 0 Å². The predicted molar refractivity (Wildman–Crippen MR) is 149 cm³/mol. The molecule has 0 atom stereocenters. The molecule has 3 nitrogen and oxygen atoms in total. The first kappa shape index (κ1) is 27.9. The molecule has 9 heteroatoms. The van der Waals surface area contributed by atoms with Crippen LogP contribution in [0.4, 0.5) is 8.78 Å². The molecule has 0 N–H and O–H groups in total. The Morgan fingerprint density at radius 3 is 2.41 bits per heavy atom. The number of thioether (sulfide) groups is 1. The Morgan fingerprint density at radius 2 is 1.70 bits per heavy atom. The van der Waals surface area contributed by atoms with E-state index in [1.807, 2.05) is 22.9 Å². The first-order valence-corrected chi connectivity index (χ1v) is 13.7. The maximum atomic E-state index is 13.9. The second-order valence-corrected chi connectivity index (χ2v) is 11.2. The molecule has 0 saturated heterocycles. The van der Waals surface area contributed by atoms with Crippen molar-refractivity contribution in [2.75, 3.05) is 12.4 Å². The summed E-state index contributed by atoms with van der Waals surface area (Å²) in [6.45, 7) is 4.72. The molecular formula is C28H25Cl3F2N2OS. The number of halogens is 5. The zero-order valence-corrected chi connectivity index (χ0v) is 23.4. The molecule has 0 aliphatic carbocycles. The van der Waals surface area contributed by atoms with Crippen molar-refractivity contribution in [3.63, 3.8) is 0 Å². The minimum Gasteiger partial charge on any atom is -0.377 e. The molecule has 1 aromatic heterocycles. The van der Waals surface area contributed by atoms with Crippen molar-refractivity contribution in [2.45, 2.75) is 37.4 Å². The SMILES string of the molecule is CC(C)(c1ccc(Cl)c(Cl)c1)c1cnc(SCCCOCc2c(F)cccc2Cl)n1-c1ccc(F)cc1. The van der Waals surface area contributed by atoms with Crippen molar-refractivity contribution >= 4 is 46.6 Å². The molecule has 0 radical (unpaired) electrons. The molecule has 0 fully saturated rings. The lowest BCUT2D eigenvalue weighted by molar-refractivity contribution is 0.120. The Bertz CT molecular complexity index is 1360. The smallest absolute Gasteiger partial charge is 0.172 e. The number of hydrogen-bond donors (Lipinski definition) is 0. The van der Waals surface area contributed by atoms with Crippen LogP contribution in [0.15, 0.2) is 72.0 Å². The van der Waals surface area contributed by atoms with Crippen molar-refractivity contribution < 1.29 is 13.5 Å². The third kappa shape index (κ3) is 6.50. The lowest BCUT2D eigenvalue weighted by Crippen LogP contribution is -2.23. The zero-order chi connectivity index (χ0) is 26.6. The summed E-state index contributed by atoms with van der Waals surface area (Å²) in [4.78, 5) is 4.70. The summed E-state index contributed by atoms with van der Waals surface area (Å²) >= 11 is 20.1. The number of aromatic nitrogens is 2. The molecule has 4 aromatic rings. The van der Waals surface area contributed by atoms with Crippen LogP contribution in [-0.4, -0.2) is 21.9 Å². The van der Waals surface area contributed by atoms with Crippen LogP contribution >= 0.6 is 46.6 Å². The molecule has 1 heterocycles. The first-order chi connectivity index (χ1) is 17.7. The summed E-state index contributed by atoms with van der Waals surface area (Å²) < 4.78 is 35.3. The number of hydrogen-bond acceptors (Lipinski definition) is 3. The standard InChI is InChI=1S/C28H25Cl3F2N2OS/c1-28(2,18-7-12-23(30)24(31)15-18)26-16-34-27(35(26)20-10-8-19(32)9-11-20)37-14-4-13-36-17-21-22(29)5-3-6-25(21)33/h3,5-12,15-16H,4,13-14,17H2,1-2H3. The van der Waals surface area contributed by atoms with Gasteiger partial charge in [0.1, 0.15) is 11.6 Å². The summed E-state index contributed by atoms with van der Waals surface area (Å²) in [7, 11) is 0. The quantitative estimate of drug-likeness (QED) is 0.138. The molecular weight excluding hydrogens is 557 g/mol. The Hall–Kier alpha value is -2.09. The molecule has 0 saturated carbocycles. The zero-order valence-electron chi connectivity index (χ0n) is 20.3. The van der Waals surface area contributed by atoms with Crippen LogP contribution < -0.4 is 0 Å². The van der Waals surface area contributed by atoms with Gasteiger partial charge in [-0.25, -0.2) is 13.8 Å². The van der Waals surface area contributed by atoms with E-state index in [1.165, 1.54) is 18.2 Å². The highest BCUT2D eigenvalue weighted by molar-refractivity contribution is 7.99. The van der Waals surface area contributed by atoms with Crippen molar-refractivity contribution in [1.82, 2.24) is 9.55 Å². The summed E-state index contributed by atoms with van der Waals surface area (Å²) in [5, 5.41) is 2.09. The van der Waals surface area contributed by atoms with E-state index in [2.05, 4.69) is 13.8 Å². The summed E-state index contributed by atoms with van der Waals surface area (Å²) in [6, 6.07) is 16.5. The van der Waals surface area contributed by atoms with Gasteiger partial charge in [0.15, 0.2) is 5.16 Å². The summed E-state index contributed by atoms with van der Waals surface area (Å²) in [5.41, 5.74) is 2.58. The molecule has 0 amide bonds. The molecule has 0 aliphatic rings. The average Bonchev–Trinajstić information content (AvgIpc) is 3.29. The van der Waals surface area contributed by atoms with Crippen molar-refractivity contribution in [2.24, 2.45) is 0 Å². The number of nitrogens with zero attached hydrogens (tertiary/aromatic N) is 2. The van der Waals surface area contributed by atoms with Crippen molar-refractivity contribution in [3.05, 3.63) is 110 Å². The maximum Gasteiger partial charge on any atom is 0.172 e. The Kier molecular flexibility index (Phi) is 9.20. The van der Waals surface area contributed by atoms with E-state index in [0.29, 0.717) is 27.2 Å². The van der Waals surface area contributed by atoms with Crippen LogP contribution in [0.3, 0.4) is 0 Å². The lowest BCUT2D eigenvalue weighted by atomic mass is 9.81. The van der Waals surface area contributed by atoms with E-state index >= 15 is 0 Å². The maximum absolute atomic E-state index is 13.9. The highest BCUT2D eigenvalue weighted by Gasteiger charge is 2.30. The Morgan fingerprint density at radius 1 is 0.946 bits per heavy atom. The molecule has 4 rings (SSSR count). The Labute approximate surface area is 234 Å². The minimum absolute atomic E-state index is 0.113. The van der Waals surface area contributed by atoms with Crippen LogP contribution in [0.1, 0.15) is 37.1 Å². The topological polar surface area (TPSA) is 27.1 Å². The summed E-state index contributed by atoms with van der Waals surface area (Å²) in [6.07, 6.45) is 2.56. The van der Waals surface area contributed by atoms with Crippen LogP contribution in [0.2, 0.25) is 15.1 Å². The number of imidazole rings is 1. The van der Waals surface area contributed by atoms with E-state index in [0.717, 1.165) is 34.3 Å². The van der Waals surface area contributed by atoms with E-state index in [1.54, 1.807) is 42.1 Å². The van der Waals surface area contributed by atoms with Gasteiger partial charge in [0.2, 0.25) is 0 Å². The van der Waals surface area contributed by atoms with E-state index in [-0.39, 0.29) is 18.2 Å². The monoisotopic (exact) mass is 580 g/mol. The van der Waals surface area contributed by atoms with E-state index in [9.17, 15) is 8.78 Å². The summed E-state index contributed by atoms with van der Waals surface area (Å²) in [5.74, 6) is 0.0337. The number of rotatable bonds is 10. The predicted octanol–water partition coefficient (Wildman–Crippen LogP) is 9.14. The molecule has 3 aromatic carbocycles. The van der Waals surface area contributed by atoms with Gasteiger partial charge in [-0.05, 0) is 60.5 Å². The fraction of sp³-hybridized carbons (Fsp3) is 0.250. The molecule has 194 valence electrons. The van der Waals surface area contributed by atoms with Gasteiger partial charge in [-0.3, -0.25) is 4.57 Å². The lowest BCUT2D eigenvalue weighted by Gasteiger charge is -2.28. The third-order valence-corrected chi connectivity index (χ3v) is 8.20. The van der Waals surface area contributed by atoms with E-state index in [4.69, 9.17) is 44.5 Å². The van der Waals surface area contributed by atoms with E-state index < -0.39 is 5.41 Å². The van der Waals surface area contributed by atoms with Crippen LogP contribution in [0.25, 0.3) is 5.69 Å². The number of benzene rings is 3. The fourth-order valence-corrected chi connectivity index (χ4v) is 5.34. The number of ether oxygens (including phenoxy) is 1. The normalized spacial score (nSPS) is 11.8. The third-order valence-electron chi connectivity index (χ3n) is 6.07. The van der Waals surface area contributed by atoms with Gasteiger partial charge in [-0.1, -0.05) is 72.5 Å². The van der Waals surface area contributed by atoms with Gasteiger partial charge in [0.25, 0.3) is 0 Å². The Balaban J connectivity index is 1.51. The van der Waals surface area contributed by atoms with Gasteiger partial charge in [0.05, 0.1) is 28.5 Å². The fourth-order valence-electron chi connectivity index (χ4n) is 3.92. The molecule has 0 bridgehead atoms. The van der Waals surface area contributed by atoms with Gasteiger partial charge < -0.3 is 4.74 Å². The second-order valence-electron chi connectivity index (χ2n) is 8.95. The van der Waals surface area contributed by atoms with Gasteiger partial charge in [0, 0.05) is 34.0 Å². The highest BCUT2D eigenvalue weighted by Crippen LogP contribution is 2.38. The minimum atomic E-state index is -0.476. The van der Waals surface area contributed by atoms with Gasteiger partial charge in [-0.2, -0.15) is 0 Å². The molecule has 0 unspecified atom stereocenters. The molecule has 0 aliphatic heterocycles. The van der Waals surface area contributed by atoms with Gasteiger partial charge in [-0.15, -0.1) is 0 Å².